The van der Waals surface area contributed by atoms with Crippen molar-refractivity contribution in [2.24, 2.45) is 0 Å². The van der Waals surface area contributed by atoms with Crippen LogP contribution in [0.3, 0.4) is 0 Å². The molecule has 1 atom stereocenters. The Bertz CT molecular complexity index is 1220. The van der Waals surface area contributed by atoms with E-state index in [0.717, 1.165) is 40.4 Å². The molecule has 0 radical (unpaired) electrons. The fourth-order valence-corrected chi connectivity index (χ4v) is 4.79. The van der Waals surface area contributed by atoms with E-state index in [9.17, 15) is 9.59 Å². The highest BCUT2D eigenvalue weighted by atomic mass is 16.5. The minimum atomic E-state index is -0.270. The number of nitrogens with one attached hydrogen (secondary N) is 1. The lowest BCUT2D eigenvalue weighted by atomic mass is 9.92. The van der Waals surface area contributed by atoms with Gasteiger partial charge in [0.05, 0.1) is 25.9 Å². The normalized spacial score (nSPS) is 14.9. The van der Waals surface area contributed by atoms with Crippen LogP contribution in [0.5, 0.6) is 11.5 Å². The van der Waals surface area contributed by atoms with Gasteiger partial charge < -0.3 is 24.6 Å². The number of carbonyl (C=O) groups is 2. The van der Waals surface area contributed by atoms with Crippen molar-refractivity contribution in [3.8, 4) is 11.5 Å². The van der Waals surface area contributed by atoms with E-state index in [4.69, 9.17) is 9.47 Å². The van der Waals surface area contributed by atoms with Gasteiger partial charge in [-0.1, -0.05) is 43.3 Å². The highest BCUT2D eigenvalue weighted by Gasteiger charge is 2.30. The Balaban J connectivity index is 1.50. The summed E-state index contributed by atoms with van der Waals surface area (Å²) in [6.45, 7) is 5.13. The Labute approximate surface area is 206 Å². The maximum atomic E-state index is 13.4. The van der Waals surface area contributed by atoms with E-state index in [1.54, 1.807) is 19.1 Å². The second kappa shape index (κ2) is 10.7. The molecule has 1 unspecified atom stereocenters. The van der Waals surface area contributed by atoms with E-state index >= 15 is 0 Å². The summed E-state index contributed by atoms with van der Waals surface area (Å²) in [6.07, 6.45) is 1.48. The van der Waals surface area contributed by atoms with Gasteiger partial charge in [0.1, 0.15) is 6.54 Å². The molecular formula is C28H33N3O4. The molecule has 0 aromatic heterocycles. The summed E-state index contributed by atoms with van der Waals surface area (Å²) in [7, 11) is 3.23. The molecule has 3 amide bonds. The van der Waals surface area contributed by atoms with Crippen molar-refractivity contribution < 1.29 is 19.1 Å². The zero-order chi connectivity index (χ0) is 24.9. The Morgan fingerprint density at radius 1 is 1.06 bits per heavy atom. The zero-order valence-electron chi connectivity index (χ0n) is 20.8. The van der Waals surface area contributed by atoms with Gasteiger partial charge >= 0.3 is 6.03 Å². The highest BCUT2D eigenvalue weighted by molar-refractivity contribution is 6.02. The Morgan fingerprint density at radius 3 is 2.51 bits per heavy atom. The van der Waals surface area contributed by atoms with Gasteiger partial charge in [-0.3, -0.25) is 4.79 Å². The lowest BCUT2D eigenvalue weighted by Crippen LogP contribution is -2.47. The largest absolute Gasteiger partial charge is 0.493 e. The van der Waals surface area contributed by atoms with Crippen LogP contribution in [0, 0.1) is 0 Å². The SMILES string of the molecule is CCCN(CC(=O)N1CCc2cc(OC)c(OC)cc2C1C)C(=O)Nc1cccc2ccccc12. The molecule has 0 aliphatic carbocycles. The van der Waals surface area contributed by atoms with E-state index < -0.39 is 0 Å². The minimum Gasteiger partial charge on any atom is -0.493 e. The van der Waals surface area contributed by atoms with Crippen LogP contribution in [0.25, 0.3) is 10.8 Å². The molecule has 1 aliphatic rings. The number of rotatable bonds is 7. The molecule has 35 heavy (non-hydrogen) atoms. The maximum Gasteiger partial charge on any atom is 0.322 e. The molecule has 7 heteroatoms. The second-order valence-electron chi connectivity index (χ2n) is 8.80. The van der Waals surface area contributed by atoms with Gasteiger partial charge in [-0.25, -0.2) is 4.79 Å². The molecule has 3 aromatic rings. The molecule has 0 saturated heterocycles. The number of urea groups is 1. The Kier molecular flexibility index (Phi) is 7.44. The lowest BCUT2D eigenvalue weighted by molar-refractivity contribution is -0.134. The number of hydrogen-bond donors (Lipinski definition) is 1. The molecule has 0 fully saturated rings. The van der Waals surface area contributed by atoms with Gasteiger partial charge in [-0.2, -0.15) is 0 Å². The summed E-state index contributed by atoms with van der Waals surface area (Å²) in [5.74, 6) is 1.27. The third-order valence-electron chi connectivity index (χ3n) is 6.64. The van der Waals surface area contributed by atoms with Gasteiger partial charge in [0, 0.05) is 18.5 Å². The van der Waals surface area contributed by atoms with Crippen molar-refractivity contribution in [2.75, 3.05) is 39.2 Å². The van der Waals surface area contributed by atoms with E-state index in [1.807, 2.05) is 73.3 Å². The monoisotopic (exact) mass is 475 g/mol. The summed E-state index contributed by atoms with van der Waals surface area (Å²) >= 11 is 0. The van der Waals surface area contributed by atoms with Gasteiger partial charge in [-0.15, -0.1) is 0 Å². The number of ether oxygens (including phenoxy) is 2. The fourth-order valence-electron chi connectivity index (χ4n) is 4.79. The van der Waals surface area contributed by atoms with E-state index in [2.05, 4.69) is 5.32 Å². The maximum absolute atomic E-state index is 13.4. The summed E-state index contributed by atoms with van der Waals surface area (Å²) in [4.78, 5) is 30.1. The predicted octanol–water partition coefficient (Wildman–Crippen LogP) is 5.25. The number of carbonyl (C=O) groups excluding carboxylic acids is 2. The smallest absolute Gasteiger partial charge is 0.322 e. The van der Waals surface area contributed by atoms with E-state index in [1.165, 1.54) is 0 Å². The molecule has 0 spiro atoms. The van der Waals surface area contributed by atoms with Crippen LogP contribution in [0.1, 0.15) is 37.4 Å². The van der Waals surface area contributed by atoms with Crippen LogP contribution in [-0.2, 0) is 11.2 Å². The molecule has 1 heterocycles. The fraction of sp³-hybridized carbons (Fsp3) is 0.357. The third kappa shape index (κ3) is 5.04. The summed E-state index contributed by atoms with van der Waals surface area (Å²) in [5.41, 5.74) is 2.94. The van der Waals surface area contributed by atoms with Gasteiger partial charge in [0.25, 0.3) is 0 Å². The zero-order valence-corrected chi connectivity index (χ0v) is 20.8. The first-order valence-electron chi connectivity index (χ1n) is 12.0. The summed E-state index contributed by atoms with van der Waals surface area (Å²) in [5, 5.41) is 5.04. The first-order chi connectivity index (χ1) is 17.0. The first-order valence-corrected chi connectivity index (χ1v) is 12.0. The quantitative estimate of drug-likeness (QED) is 0.507. The molecular weight excluding hydrogens is 442 g/mol. The third-order valence-corrected chi connectivity index (χ3v) is 6.64. The Hall–Kier alpha value is -3.74. The molecule has 0 bridgehead atoms. The summed E-state index contributed by atoms with van der Waals surface area (Å²) in [6, 6.07) is 17.3. The van der Waals surface area contributed by atoms with Crippen molar-refractivity contribution in [1.82, 2.24) is 9.80 Å². The molecule has 7 nitrogen and oxygen atoms in total. The number of amides is 3. The first kappa shape index (κ1) is 24.4. The molecule has 184 valence electrons. The van der Waals surface area contributed by atoms with Crippen LogP contribution in [0.2, 0.25) is 0 Å². The van der Waals surface area contributed by atoms with Crippen LogP contribution >= 0.6 is 0 Å². The molecule has 1 N–H and O–H groups in total. The molecule has 4 rings (SSSR count). The number of benzene rings is 3. The average Bonchev–Trinajstić information content (AvgIpc) is 2.88. The Morgan fingerprint density at radius 2 is 1.77 bits per heavy atom. The number of methoxy groups -OCH3 is 2. The second-order valence-corrected chi connectivity index (χ2v) is 8.80. The average molecular weight is 476 g/mol. The van der Waals surface area contributed by atoms with Crippen molar-refractivity contribution in [2.45, 2.75) is 32.7 Å². The van der Waals surface area contributed by atoms with E-state index in [-0.39, 0.29) is 24.5 Å². The van der Waals surface area contributed by atoms with Crippen LogP contribution in [-0.4, -0.2) is 55.6 Å². The lowest BCUT2D eigenvalue weighted by Gasteiger charge is -2.37. The van der Waals surface area contributed by atoms with Crippen molar-refractivity contribution in [3.63, 3.8) is 0 Å². The minimum absolute atomic E-state index is 0.0252. The van der Waals surface area contributed by atoms with Gasteiger partial charge in [-0.05, 0) is 54.5 Å². The van der Waals surface area contributed by atoms with Crippen LogP contribution in [0.4, 0.5) is 10.5 Å². The number of nitrogens with zero attached hydrogens (tertiary/aromatic N) is 2. The van der Waals surface area contributed by atoms with Gasteiger partial charge in [0.2, 0.25) is 5.91 Å². The standard InChI is InChI=1S/C28H33N3O4/c1-5-14-30(28(33)29-24-12-8-10-20-9-6-7-11-22(20)24)18-27(32)31-15-13-21-16-25(34-3)26(35-4)17-23(21)19(31)2/h6-12,16-17,19H,5,13-15,18H2,1-4H3,(H,29,33). The number of fused-ring (bicyclic) bond motifs is 2. The number of hydrogen-bond acceptors (Lipinski definition) is 4. The molecule has 0 saturated carbocycles. The predicted molar refractivity (Wildman–Crippen MR) is 138 cm³/mol. The van der Waals surface area contributed by atoms with Crippen molar-refractivity contribution in [3.05, 3.63) is 65.7 Å². The van der Waals surface area contributed by atoms with Crippen LogP contribution < -0.4 is 14.8 Å². The highest BCUT2D eigenvalue weighted by Crippen LogP contribution is 2.38. The van der Waals surface area contributed by atoms with E-state index in [0.29, 0.717) is 24.6 Å². The van der Waals surface area contributed by atoms with Gasteiger partial charge in [0.15, 0.2) is 11.5 Å². The molecule has 1 aliphatic heterocycles. The van der Waals surface area contributed by atoms with Crippen molar-refractivity contribution >= 4 is 28.4 Å². The molecule has 3 aromatic carbocycles. The number of anilines is 1. The topological polar surface area (TPSA) is 71.1 Å². The summed E-state index contributed by atoms with van der Waals surface area (Å²) < 4.78 is 10.9. The van der Waals surface area contributed by atoms with Crippen LogP contribution in [0.15, 0.2) is 54.6 Å². The van der Waals surface area contributed by atoms with Crippen molar-refractivity contribution in [1.29, 1.82) is 0 Å².